The van der Waals surface area contributed by atoms with Crippen molar-refractivity contribution in [2.45, 2.75) is 13.0 Å². The first-order chi connectivity index (χ1) is 8.65. The highest BCUT2D eigenvalue weighted by molar-refractivity contribution is 5.43. The van der Waals surface area contributed by atoms with Crippen LogP contribution in [-0.4, -0.2) is 46.0 Å². The maximum absolute atomic E-state index is 6.12. The summed E-state index contributed by atoms with van der Waals surface area (Å²) in [4.78, 5) is 6.78. The first-order valence-electron chi connectivity index (χ1n) is 6.28. The van der Waals surface area contributed by atoms with E-state index in [2.05, 4.69) is 46.6 Å². The van der Waals surface area contributed by atoms with E-state index < -0.39 is 0 Å². The van der Waals surface area contributed by atoms with Gasteiger partial charge in [-0.3, -0.25) is 5.84 Å². The Balaban J connectivity index is 2.03. The fourth-order valence-electron chi connectivity index (χ4n) is 2.55. The molecule has 1 aliphatic rings. The molecule has 3 heterocycles. The van der Waals surface area contributed by atoms with Gasteiger partial charge in [0.2, 0.25) is 0 Å². The van der Waals surface area contributed by atoms with E-state index in [1.807, 2.05) is 11.2 Å². The van der Waals surface area contributed by atoms with Crippen LogP contribution in [0.3, 0.4) is 0 Å². The first-order valence-corrected chi connectivity index (χ1v) is 6.28. The van der Waals surface area contributed by atoms with Gasteiger partial charge in [0.15, 0.2) is 0 Å². The molecular formula is C13H19N5. The summed E-state index contributed by atoms with van der Waals surface area (Å²) in [6.45, 7) is 4.93. The minimum atomic E-state index is 0.210. The van der Waals surface area contributed by atoms with Crippen molar-refractivity contribution in [3.8, 4) is 0 Å². The van der Waals surface area contributed by atoms with Crippen molar-refractivity contribution in [3.05, 3.63) is 35.8 Å². The highest BCUT2D eigenvalue weighted by atomic mass is 15.5. The van der Waals surface area contributed by atoms with Crippen LogP contribution < -0.4 is 5.84 Å². The second-order valence-electron chi connectivity index (χ2n) is 5.13. The molecule has 1 saturated heterocycles. The van der Waals surface area contributed by atoms with Gasteiger partial charge in [-0.1, -0.05) is 0 Å². The largest absolute Gasteiger partial charge is 0.303 e. The number of aryl methyl sites for hydroxylation is 1. The molecule has 2 aromatic heterocycles. The third-order valence-electron chi connectivity index (χ3n) is 3.66. The molecule has 0 bridgehead atoms. The molecule has 96 valence electrons. The summed E-state index contributed by atoms with van der Waals surface area (Å²) in [7, 11) is 2.13. The van der Waals surface area contributed by atoms with Gasteiger partial charge >= 0.3 is 0 Å². The van der Waals surface area contributed by atoms with Crippen LogP contribution in [0.2, 0.25) is 0 Å². The zero-order chi connectivity index (χ0) is 12.7. The first kappa shape index (κ1) is 11.6. The van der Waals surface area contributed by atoms with E-state index in [-0.39, 0.29) is 6.04 Å². The molecule has 2 aromatic rings. The van der Waals surface area contributed by atoms with E-state index in [0.717, 1.165) is 25.3 Å². The molecule has 0 aromatic carbocycles. The van der Waals surface area contributed by atoms with E-state index in [9.17, 15) is 0 Å². The Bertz CT molecular complexity index is 562. The number of fused-ring (bicyclic) bond motifs is 1. The highest BCUT2D eigenvalue weighted by Crippen LogP contribution is 2.23. The molecule has 0 radical (unpaired) electrons. The Morgan fingerprint density at radius 1 is 1.39 bits per heavy atom. The summed E-state index contributed by atoms with van der Waals surface area (Å²) in [5.74, 6) is 6.12. The lowest BCUT2D eigenvalue weighted by Crippen LogP contribution is -2.50. The Kier molecular flexibility index (Phi) is 2.81. The second-order valence-corrected chi connectivity index (χ2v) is 5.13. The van der Waals surface area contributed by atoms with Crippen molar-refractivity contribution in [1.29, 1.82) is 0 Å². The molecule has 1 aliphatic heterocycles. The molecule has 0 amide bonds. The molecule has 1 unspecified atom stereocenters. The van der Waals surface area contributed by atoms with E-state index in [1.54, 1.807) is 0 Å². The average molecular weight is 245 g/mol. The standard InChI is InChI=1S/C13H19N5/c1-10-3-4-17-11(8-15-13(17)7-10)12-9-16(2)5-6-18(12)14/h3-4,7-8,12H,5-6,9,14H2,1-2H3. The van der Waals surface area contributed by atoms with Crippen LogP contribution in [0.25, 0.3) is 5.65 Å². The number of pyridine rings is 1. The Morgan fingerprint density at radius 2 is 2.22 bits per heavy atom. The van der Waals surface area contributed by atoms with Crippen molar-refractivity contribution in [3.63, 3.8) is 0 Å². The van der Waals surface area contributed by atoms with Crippen molar-refractivity contribution in [1.82, 2.24) is 19.3 Å². The summed E-state index contributed by atoms with van der Waals surface area (Å²) in [6.07, 6.45) is 4.02. The van der Waals surface area contributed by atoms with Crippen LogP contribution >= 0.6 is 0 Å². The van der Waals surface area contributed by atoms with E-state index in [0.29, 0.717) is 0 Å². The fraction of sp³-hybridized carbons (Fsp3) is 0.462. The number of hydrogen-bond acceptors (Lipinski definition) is 4. The third-order valence-corrected chi connectivity index (χ3v) is 3.66. The quantitative estimate of drug-likeness (QED) is 0.755. The Hall–Kier alpha value is -1.43. The number of rotatable bonds is 1. The van der Waals surface area contributed by atoms with Crippen molar-refractivity contribution in [2.24, 2.45) is 5.84 Å². The molecule has 0 saturated carbocycles. The molecule has 0 spiro atoms. The van der Waals surface area contributed by atoms with Gasteiger partial charge in [0.1, 0.15) is 5.65 Å². The maximum Gasteiger partial charge on any atom is 0.137 e. The van der Waals surface area contributed by atoms with Gasteiger partial charge in [-0.15, -0.1) is 0 Å². The number of nitrogens with two attached hydrogens (primary N) is 1. The molecule has 5 heteroatoms. The summed E-state index contributed by atoms with van der Waals surface area (Å²) in [5, 5.41) is 1.92. The minimum absolute atomic E-state index is 0.210. The number of hydrazine groups is 1. The lowest BCUT2D eigenvalue weighted by molar-refractivity contribution is 0.0876. The van der Waals surface area contributed by atoms with Crippen molar-refractivity contribution >= 4 is 5.65 Å². The van der Waals surface area contributed by atoms with Crippen LogP contribution in [0.15, 0.2) is 24.5 Å². The molecule has 2 N–H and O–H groups in total. The zero-order valence-corrected chi connectivity index (χ0v) is 10.9. The number of aromatic nitrogens is 2. The lowest BCUT2D eigenvalue weighted by atomic mass is 10.1. The number of piperazine rings is 1. The summed E-state index contributed by atoms with van der Waals surface area (Å²) < 4.78 is 2.14. The topological polar surface area (TPSA) is 49.8 Å². The fourth-order valence-corrected chi connectivity index (χ4v) is 2.55. The third kappa shape index (κ3) is 1.90. The van der Waals surface area contributed by atoms with Gasteiger partial charge in [0.25, 0.3) is 0 Å². The van der Waals surface area contributed by atoms with Gasteiger partial charge in [0, 0.05) is 25.8 Å². The SMILES string of the molecule is Cc1ccn2c(C3CN(C)CCN3N)cnc2c1. The van der Waals surface area contributed by atoms with Crippen LogP contribution in [0.4, 0.5) is 0 Å². The highest BCUT2D eigenvalue weighted by Gasteiger charge is 2.26. The minimum Gasteiger partial charge on any atom is -0.303 e. The van der Waals surface area contributed by atoms with Crippen molar-refractivity contribution in [2.75, 3.05) is 26.7 Å². The average Bonchev–Trinajstić information content (AvgIpc) is 2.75. The molecule has 0 aliphatic carbocycles. The van der Waals surface area contributed by atoms with Crippen LogP contribution in [0.1, 0.15) is 17.3 Å². The van der Waals surface area contributed by atoms with Gasteiger partial charge in [-0.2, -0.15) is 0 Å². The maximum atomic E-state index is 6.12. The number of nitrogens with zero attached hydrogens (tertiary/aromatic N) is 4. The Morgan fingerprint density at radius 3 is 3.06 bits per heavy atom. The second kappa shape index (κ2) is 4.35. The van der Waals surface area contributed by atoms with Gasteiger partial charge in [0.05, 0.1) is 17.9 Å². The number of likely N-dealkylation sites (N-methyl/N-ethyl adjacent to an activating group) is 1. The van der Waals surface area contributed by atoms with E-state index >= 15 is 0 Å². The predicted molar refractivity (Wildman–Crippen MR) is 71.1 cm³/mol. The monoisotopic (exact) mass is 245 g/mol. The lowest BCUT2D eigenvalue weighted by Gasteiger charge is -2.36. The normalized spacial score (nSPS) is 22.7. The molecule has 1 fully saturated rings. The van der Waals surface area contributed by atoms with Crippen molar-refractivity contribution < 1.29 is 0 Å². The van der Waals surface area contributed by atoms with Crippen LogP contribution in [0, 0.1) is 6.92 Å². The Labute approximate surface area is 107 Å². The summed E-state index contributed by atoms with van der Waals surface area (Å²) in [5.41, 5.74) is 3.38. The van der Waals surface area contributed by atoms with Crippen LogP contribution in [-0.2, 0) is 0 Å². The smallest absolute Gasteiger partial charge is 0.137 e. The van der Waals surface area contributed by atoms with E-state index in [4.69, 9.17) is 5.84 Å². The molecule has 3 rings (SSSR count). The summed E-state index contributed by atoms with van der Waals surface area (Å²) in [6, 6.07) is 4.41. The van der Waals surface area contributed by atoms with Gasteiger partial charge in [-0.25, -0.2) is 9.99 Å². The zero-order valence-electron chi connectivity index (χ0n) is 10.9. The molecule has 1 atom stereocenters. The number of hydrogen-bond donors (Lipinski definition) is 1. The molecular weight excluding hydrogens is 226 g/mol. The van der Waals surface area contributed by atoms with E-state index in [1.165, 1.54) is 11.3 Å². The predicted octanol–water partition coefficient (Wildman–Crippen LogP) is 0.805. The van der Waals surface area contributed by atoms with Gasteiger partial charge in [-0.05, 0) is 31.7 Å². The molecule has 18 heavy (non-hydrogen) atoms. The number of imidazole rings is 1. The molecule has 5 nitrogen and oxygen atoms in total. The van der Waals surface area contributed by atoms with Gasteiger partial charge < -0.3 is 9.30 Å². The van der Waals surface area contributed by atoms with Crippen LogP contribution in [0.5, 0.6) is 0 Å². The summed E-state index contributed by atoms with van der Waals surface area (Å²) >= 11 is 0.